The van der Waals surface area contributed by atoms with Crippen LogP contribution in [0.15, 0.2) is 59.8 Å². The summed E-state index contributed by atoms with van der Waals surface area (Å²) in [4.78, 5) is 25.3. The van der Waals surface area contributed by atoms with Crippen LogP contribution in [-0.2, 0) is 4.79 Å². The van der Waals surface area contributed by atoms with Gasteiger partial charge in [0.25, 0.3) is 5.91 Å². The molecule has 0 atom stereocenters. The van der Waals surface area contributed by atoms with Crippen molar-refractivity contribution in [3.63, 3.8) is 0 Å². The lowest BCUT2D eigenvalue weighted by atomic mass is 10.2. The largest absolute Gasteiger partial charge is 0.459 e. The molecule has 0 aromatic carbocycles. The number of amides is 2. The highest BCUT2D eigenvalue weighted by Crippen LogP contribution is 1.98. The Bertz CT molecular complexity index is 602. The van der Waals surface area contributed by atoms with Gasteiger partial charge in [-0.25, -0.2) is 0 Å². The lowest BCUT2D eigenvalue weighted by molar-refractivity contribution is -0.119. The summed E-state index contributed by atoms with van der Waals surface area (Å²) < 4.78 is 4.90. The minimum atomic E-state index is -0.425. The molecule has 2 rings (SSSR count). The molecule has 1 aliphatic rings. The normalized spacial score (nSPS) is 14.6. The number of furan rings is 1. The summed E-state index contributed by atoms with van der Waals surface area (Å²) in [5.74, 6) is -0.548. The van der Waals surface area contributed by atoms with Gasteiger partial charge in [-0.05, 0) is 24.8 Å². The molecule has 7 heteroatoms. The number of piperazine rings is 1. The van der Waals surface area contributed by atoms with E-state index in [1.807, 2.05) is 0 Å². The molecule has 0 radical (unpaired) electrons. The molecule has 0 unspecified atom stereocenters. The molecule has 1 aliphatic heterocycles. The predicted octanol–water partition coefficient (Wildman–Crippen LogP) is 0.945. The maximum atomic E-state index is 11.5. The van der Waals surface area contributed by atoms with Crippen LogP contribution in [0.1, 0.15) is 10.6 Å². The summed E-state index contributed by atoms with van der Waals surface area (Å²) in [5, 5.41) is 8.37. The van der Waals surface area contributed by atoms with E-state index in [2.05, 4.69) is 41.1 Å². The SMILES string of the molecule is C=C/C=C(\C=C)CNC(=O)CNC(=O)c1ccco1.CN1CCNCC1. The Hall–Kier alpha value is -2.64. The van der Waals surface area contributed by atoms with E-state index in [9.17, 15) is 9.59 Å². The van der Waals surface area contributed by atoms with Crippen molar-refractivity contribution in [2.45, 2.75) is 0 Å². The molecule has 3 N–H and O–H groups in total. The number of rotatable bonds is 7. The molecule has 0 bridgehead atoms. The van der Waals surface area contributed by atoms with E-state index >= 15 is 0 Å². The van der Waals surface area contributed by atoms with E-state index in [-0.39, 0.29) is 18.2 Å². The molecule has 142 valence electrons. The molecule has 0 saturated carbocycles. The first-order valence-corrected chi connectivity index (χ1v) is 8.48. The van der Waals surface area contributed by atoms with Crippen LogP contribution < -0.4 is 16.0 Å². The number of hydrogen-bond acceptors (Lipinski definition) is 5. The fraction of sp³-hybridized carbons (Fsp3) is 0.368. The van der Waals surface area contributed by atoms with Crippen molar-refractivity contribution in [2.75, 3.05) is 46.3 Å². The van der Waals surface area contributed by atoms with Gasteiger partial charge in [-0.3, -0.25) is 9.59 Å². The van der Waals surface area contributed by atoms with E-state index in [1.54, 1.807) is 24.3 Å². The van der Waals surface area contributed by atoms with Gasteiger partial charge >= 0.3 is 0 Å². The van der Waals surface area contributed by atoms with Gasteiger partial charge < -0.3 is 25.3 Å². The van der Waals surface area contributed by atoms with Crippen LogP contribution in [0.2, 0.25) is 0 Å². The molecule has 1 aromatic rings. The van der Waals surface area contributed by atoms with Gasteiger partial charge in [0, 0.05) is 32.7 Å². The molecule has 2 amide bonds. The van der Waals surface area contributed by atoms with Gasteiger partial charge in [0.2, 0.25) is 5.91 Å². The third-order valence-electron chi connectivity index (χ3n) is 3.58. The summed E-state index contributed by atoms with van der Waals surface area (Å²) >= 11 is 0. The highest BCUT2D eigenvalue weighted by atomic mass is 16.3. The van der Waals surface area contributed by atoms with Crippen LogP contribution in [0.25, 0.3) is 0 Å². The number of carbonyl (C=O) groups excluding carboxylic acids is 2. The van der Waals surface area contributed by atoms with Crippen molar-refractivity contribution in [1.29, 1.82) is 0 Å². The standard InChI is InChI=1S/C14H16N2O3.C5H12N2/c1-3-6-11(4-2)9-15-13(17)10-16-14(18)12-7-5-8-19-12;1-7-4-2-6-3-5-7/h3-8H,1-2,9-10H2,(H,15,17)(H,16,18);6H,2-5H2,1H3/b11-6+;. The Kier molecular flexibility index (Phi) is 10.4. The highest BCUT2D eigenvalue weighted by Gasteiger charge is 2.09. The molecule has 7 nitrogen and oxygen atoms in total. The van der Waals surface area contributed by atoms with Gasteiger partial charge in [0.15, 0.2) is 5.76 Å². The molecule has 2 heterocycles. The molecule has 26 heavy (non-hydrogen) atoms. The van der Waals surface area contributed by atoms with Crippen molar-refractivity contribution < 1.29 is 14.0 Å². The molecule has 1 aromatic heterocycles. The quantitative estimate of drug-likeness (QED) is 0.630. The second-order valence-corrected chi connectivity index (χ2v) is 5.67. The number of hydrogen-bond donors (Lipinski definition) is 3. The van der Waals surface area contributed by atoms with Crippen LogP contribution >= 0.6 is 0 Å². The predicted molar refractivity (Wildman–Crippen MR) is 103 cm³/mol. The molecular formula is C19H28N4O3. The van der Waals surface area contributed by atoms with Crippen LogP contribution in [0.3, 0.4) is 0 Å². The second-order valence-electron chi connectivity index (χ2n) is 5.67. The van der Waals surface area contributed by atoms with Crippen molar-refractivity contribution in [2.24, 2.45) is 0 Å². The fourth-order valence-electron chi connectivity index (χ4n) is 2.05. The first kappa shape index (κ1) is 21.4. The van der Waals surface area contributed by atoms with E-state index < -0.39 is 5.91 Å². The van der Waals surface area contributed by atoms with Crippen molar-refractivity contribution in [1.82, 2.24) is 20.9 Å². The summed E-state index contributed by atoms with van der Waals surface area (Å²) in [6.45, 7) is 12.1. The maximum Gasteiger partial charge on any atom is 0.287 e. The number of nitrogens with zero attached hydrogens (tertiary/aromatic N) is 1. The number of nitrogens with one attached hydrogen (secondary N) is 3. The third kappa shape index (κ3) is 9.00. The second kappa shape index (κ2) is 12.7. The Morgan fingerprint density at radius 2 is 2.00 bits per heavy atom. The molecular weight excluding hydrogens is 332 g/mol. The zero-order valence-electron chi connectivity index (χ0n) is 15.3. The van der Waals surface area contributed by atoms with Crippen molar-refractivity contribution in [3.05, 3.63) is 61.1 Å². The fourth-order valence-corrected chi connectivity index (χ4v) is 2.05. The number of carbonyl (C=O) groups is 2. The Morgan fingerprint density at radius 1 is 1.27 bits per heavy atom. The number of allylic oxidation sites excluding steroid dienone is 2. The monoisotopic (exact) mass is 360 g/mol. The summed E-state index contributed by atoms with van der Waals surface area (Å²) in [7, 11) is 2.15. The zero-order chi connectivity index (χ0) is 19.2. The van der Waals surface area contributed by atoms with Gasteiger partial charge in [-0.15, -0.1) is 0 Å². The topological polar surface area (TPSA) is 86.6 Å². The summed E-state index contributed by atoms with van der Waals surface area (Å²) in [6, 6.07) is 3.13. The van der Waals surface area contributed by atoms with E-state index in [0.29, 0.717) is 6.54 Å². The van der Waals surface area contributed by atoms with Crippen LogP contribution in [0.4, 0.5) is 0 Å². The van der Waals surface area contributed by atoms with Gasteiger partial charge in [-0.1, -0.05) is 31.4 Å². The van der Waals surface area contributed by atoms with E-state index in [4.69, 9.17) is 4.42 Å². The minimum Gasteiger partial charge on any atom is -0.459 e. The molecule has 1 saturated heterocycles. The average Bonchev–Trinajstić information content (AvgIpc) is 3.19. The smallest absolute Gasteiger partial charge is 0.287 e. The van der Waals surface area contributed by atoms with Crippen LogP contribution in [0.5, 0.6) is 0 Å². The van der Waals surface area contributed by atoms with Gasteiger partial charge in [0.1, 0.15) is 0 Å². The maximum absolute atomic E-state index is 11.5. The van der Waals surface area contributed by atoms with Gasteiger partial charge in [-0.2, -0.15) is 0 Å². The third-order valence-corrected chi connectivity index (χ3v) is 3.58. The lowest BCUT2D eigenvalue weighted by Gasteiger charge is -2.21. The van der Waals surface area contributed by atoms with E-state index in [0.717, 1.165) is 18.7 Å². The van der Waals surface area contributed by atoms with Crippen molar-refractivity contribution >= 4 is 11.8 Å². The van der Waals surface area contributed by atoms with E-state index in [1.165, 1.54) is 25.4 Å². The Labute approximate surface area is 154 Å². The van der Waals surface area contributed by atoms with Crippen LogP contribution in [-0.4, -0.2) is 63.0 Å². The first-order valence-electron chi connectivity index (χ1n) is 8.48. The summed E-state index contributed by atoms with van der Waals surface area (Å²) in [5.41, 5.74) is 0.834. The number of likely N-dealkylation sites (N-methyl/N-ethyl adjacent to an activating group) is 1. The van der Waals surface area contributed by atoms with Gasteiger partial charge in [0.05, 0.1) is 12.8 Å². The molecule has 1 fully saturated rings. The first-order chi connectivity index (χ1) is 12.6. The Balaban J connectivity index is 0.000000401. The summed E-state index contributed by atoms with van der Waals surface area (Å²) in [6.07, 6.45) is 6.38. The highest BCUT2D eigenvalue weighted by molar-refractivity contribution is 5.94. The molecule has 0 spiro atoms. The minimum absolute atomic E-state index is 0.113. The average molecular weight is 360 g/mol. The zero-order valence-corrected chi connectivity index (χ0v) is 15.3. The molecule has 0 aliphatic carbocycles. The Morgan fingerprint density at radius 3 is 2.50 bits per heavy atom. The van der Waals surface area contributed by atoms with Crippen molar-refractivity contribution in [3.8, 4) is 0 Å². The lowest BCUT2D eigenvalue weighted by Crippen LogP contribution is -2.40. The van der Waals surface area contributed by atoms with Crippen LogP contribution in [0, 0.1) is 0 Å².